The van der Waals surface area contributed by atoms with Gasteiger partial charge in [-0.1, -0.05) is 13.8 Å². The number of nitrogens with one attached hydrogen (secondary N) is 3. The van der Waals surface area contributed by atoms with E-state index >= 15 is 0 Å². The van der Waals surface area contributed by atoms with Crippen molar-refractivity contribution in [1.82, 2.24) is 5.32 Å². The molecular weight excluding hydrogens is 318 g/mol. The van der Waals surface area contributed by atoms with Crippen molar-refractivity contribution in [3.63, 3.8) is 0 Å². The van der Waals surface area contributed by atoms with Gasteiger partial charge in [0.2, 0.25) is 11.8 Å². The summed E-state index contributed by atoms with van der Waals surface area (Å²) in [4.78, 5) is 23.7. The average molecular weight is 342 g/mol. The second-order valence-electron chi connectivity index (χ2n) is 5.79. The van der Waals surface area contributed by atoms with E-state index in [2.05, 4.69) is 16.0 Å². The van der Waals surface area contributed by atoms with E-state index in [1.165, 1.54) is 0 Å². The molecule has 1 atom stereocenters. The Hall–Kier alpha value is -1.63. The minimum atomic E-state index is -0.320. The molecule has 0 aliphatic carbocycles. The van der Waals surface area contributed by atoms with Crippen LogP contribution in [0.2, 0.25) is 0 Å². The summed E-state index contributed by atoms with van der Waals surface area (Å²) in [5, 5.41) is 8.76. The van der Waals surface area contributed by atoms with E-state index in [-0.39, 0.29) is 30.3 Å². The third-order valence-corrected chi connectivity index (χ3v) is 3.27. The molecule has 6 nitrogen and oxygen atoms in total. The highest BCUT2D eigenvalue weighted by molar-refractivity contribution is 5.95. The minimum absolute atomic E-state index is 0. The molecule has 0 radical (unpaired) electrons. The van der Waals surface area contributed by atoms with Crippen molar-refractivity contribution in [3.8, 4) is 0 Å². The Morgan fingerprint density at radius 2 is 1.83 bits per heavy atom. The standard InChI is InChI=1S/C16H23N3O3.ClH/c1-11(2)9-15(20)18-12-3-5-13(6-4-12)19-16(21)14-10-22-8-7-17-14;/h3-6,11,14,17H,7-10H2,1-2H3,(H,18,20)(H,19,21);1H. The van der Waals surface area contributed by atoms with Crippen molar-refractivity contribution in [2.45, 2.75) is 26.3 Å². The zero-order valence-corrected chi connectivity index (χ0v) is 14.2. The van der Waals surface area contributed by atoms with Crippen LogP contribution in [0.15, 0.2) is 24.3 Å². The van der Waals surface area contributed by atoms with Crippen LogP contribution in [0.25, 0.3) is 0 Å². The Kier molecular flexibility index (Phi) is 8.02. The molecule has 1 saturated heterocycles. The number of morpholine rings is 1. The molecule has 1 fully saturated rings. The summed E-state index contributed by atoms with van der Waals surface area (Å²) in [5.74, 6) is 0.204. The number of rotatable bonds is 5. The van der Waals surface area contributed by atoms with Gasteiger partial charge in [0, 0.05) is 24.3 Å². The second-order valence-corrected chi connectivity index (χ2v) is 5.79. The molecule has 0 aromatic heterocycles. The van der Waals surface area contributed by atoms with Gasteiger partial charge in [0.15, 0.2) is 0 Å². The van der Waals surface area contributed by atoms with Gasteiger partial charge in [0.05, 0.1) is 13.2 Å². The van der Waals surface area contributed by atoms with Crippen molar-refractivity contribution in [3.05, 3.63) is 24.3 Å². The minimum Gasteiger partial charge on any atom is -0.378 e. The monoisotopic (exact) mass is 341 g/mol. The number of halogens is 1. The average Bonchev–Trinajstić information content (AvgIpc) is 2.49. The molecule has 2 amide bonds. The Morgan fingerprint density at radius 3 is 2.35 bits per heavy atom. The first-order valence-electron chi connectivity index (χ1n) is 7.56. The molecule has 1 aliphatic heterocycles. The SMILES string of the molecule is CC(C)CC(=O)Nc1ccc(NC(=O)C2COCCN2)cc1.Cl. The highest BCUT2D eigenvalue weighted by Gasteiger charge is 2.20. The molecule has 2 rings (SSSR count). The number of hydrogen-bond donors (Lipinski definition) is 3. The van der Waals surface area contributed by atoms with E-state index < -0.39 is 0 Å². The van der Waals surface area contributed by atoms with Gasteiger partial charge in [0.25, 0.3) is 0 Å². The van der Waals surface area contributed by atoms with Crippen LogP contribution in [0.5, 0.6) is 0 Å². The van der Waals surface area contributed by atoms with Gasteiger partial charge < -0.3 is 20.7 Å². The lowest BCUT2D eigenvalue weighted by molar-refractivity contribution is -0.121. The number of amides is 2. The highest BCUT2D eigenvalue weighted by atomic mass is 35.5. The number of carbonyl (C=O) groups is 2. The molecule has 1 heterocycles. The number of hydrogen-bond acceptors (Lipinski definition) is 4. The maximum Gasteiger partial charge on any atom is 0.243 e. The molecule has 0 spiro atoms. The third kappa shape index (κ3) is 6.56. The van der Waals surface area contributed by atoms with Gasteiger partial charge in [0.1, 0.15) is 6.04 Å². The third-order valence-electron chi connectivity index (χ3n) is 3.27. The maximum atomic E-state index is 12.0. The number of anilines is 2. The summed E-state index contributed by atoms with van der Waals surface area (Å²) in [6.07, 6.45) is 0.492. The van der Waals surface area contributed by atoms with Gasteiger partial charge in [-0.3, -0.25) is 9.59 Å². The van der Waals surface area contributed by atoms with Crippen LogP contribution in [0, 0.1) is 5.92 Å². The molecule has 0 bridgehead atoms. The van der Waals surface area contributed by atoms with Crippen molar-refractivity contribution in [2.24, 2.45) is 5.92 Å². The fraction of sp³-hybridized carbons (Fsp3) is 0.500. The number of ether oxygens (including phenoxy) is 1. The Morgan fingerprint density at radius 1 is 1.22 bits per heavy atom. The Balaban J connectivity index is 0.00000264. The van der Waals surface area contributed by atoms with Crippen LogP contribution in [0.1, 0.15) is 20.3 Å². The molecule has 0 saturated carbocycles. The lowest BCUT2D eigenvalue weighted by Gasteiger charge is -2.22. The van der Waals surface area contributed by atoms with Crippen LogP contribution < -0.4 is 16.0 Å². The second kappa shape index (κ2) is 9.50. The van der Waals surface area contributed by atoms with Crippen LogP contribution in [-0.4, -0.2) is 37.6 Å². The van der Waals surface area contributed by atoms with Gasteiger partial charge in [-0.05, 0) is 30.2 Å². The van der Waals surface area contributed by atoms with Crippen LogP contribution >= 0.6 is 12.4 Å². The molecule has 23 heavy (non-hydrogen) atoms. The smallest absolute Gasteiger partial charge is 0.243 e. The van der Waals surface area contributed by atoms with Crippen molar-refractivity contribution in [1.29, 1.82) is 0 Å². The normalized spacial score (nSPS) is 17.3. The molecule has 1 aliphatic rings. The predicted octanol–water partition coefficient (Wildman–Crippen LogP) is 2.02. The first kappa shape index (κ1) is 19.4. The topological polar surface area (TPSA) is 79.5 Å². The predicted molar refractivity (Wildman–Crippen MR) is 93.0 cm³/mol. The molecule has 1 aromatic carbocycles. The first-order chi connectivity index (χ1) is 10.5. The Labute approximate surface area is 142 Å². The summed E-state index contributed by atoms with van der Waals surface area (Å²) in [6.45, 7) is 5.70. The van der Waals surface area contributed by atoms with Crippen molar-refractivity contribution < 1.29 is 14.3 Å². The van der Waals surface area contributed by atoms with Gasteiger partial charge >= 0.3 is 0 Å². The van der Waals surface area contributed by atoms with Crippen molar-refractivity contribution in [2.75, 3.05) is 30.4 Å². The molecule has 3 N–H and O–H groups in total. The lowest BCUT2D eigenvalue weighted by Crippen LogP contribution is -2.48. The Bertz CT molecular complexity index is 514. The summed E-state index contributed by atoms with van der Waals surface area (Å²) in [5.41, 5.74) is 1.42. The van der Waals surface area contributed by atoms with E-state index in [1.807, 2.05) is 13.8 Å². The summed E-state index contributed by atoms with van der Waals surface area (Å²) in [7, 11) is 0. The van der Waals surface area contributed by atoms with E-state index in [9.17, 15) is 9.59 Å². The quantitative estimate of drug-likeness (QED) is 0.765. The van der Waals surface area contributed by atoms with Crippen LogP contribution in [0.3, 0.4) is 0 Å². The summed E-state index contributed by atoms with van der Waals surface area (Å²) in [6, 6.07) is 6.77. The fourth-order valence-electron chi connectivity index (χ4n) is 2.18. The van der Waals surface area contributed by atoms with E-state index in [4.69, 9.17) is 4.74 Å². The molecule has 128 valence electrons. The summed E-state index contributed by atoms with van der Waals surface area (Å²) >= 11 is 0. The first-order valence-corrected chi connectivity index (χ1v) is 7.56. The van der Waals surface area contributed by atoms with Crippen LogP contribution in [0.4, 0.5) is 11.4 Å². The van der Waals surface area contributed by atoms with E-state index in [0.29, 0.717) is 37.8 Å². The van der Waals surface area contributed by atoms with Gasteiger partial charge in [-0.2, -0.15) is 0 Å². The van der Waals surface area contributed by atoms with E-state index in [1.54, 1.807) is 24.3 Å². The van der Waals surface area contributed by atoms with Gasteiger partial charge in [-0.25, -0.2) is 0 Å². The molecular formula is C16H24ClN3O3. The number of benzene rings is 1. The number of carbonyl (C=O) groups excluding carboxylic acids is 2. The summed E-state index contributed by atoms with van der Waals surface area (Å²) < 4.78 is 5.26. The van der Waals surface area contributed by atoms with Crippen LogP contribution in [-0.2, 0) is 14.3 Å². The largest absolute Gasteiger partial charge is 0.378 e. The zero-order valence-electron chi connectivity index (χ0n) is 13.4. The zero-order chi connectivity index (χ0) is 15.9. The maximum absolute atomic E-state index is 12.0. The van der Waals surface area contributed by atoms with Crippen molar-refractivity contribution >= 4 is 35.6 Å². The van der Waals surface area contributed by atoms with E-state index in [0.717, 1.165) is 5.69 Å². The molecule has 1 aromatic rings. The molecule has 1 unspecified atom stereocenters. The highest BCUT2D eigenvalue weighted by Crippen LogP contribution is 2.15. The fourth-order valence-corrected chi connectivity index (χ4v) is 2.18. The van der Waals surface area contributed by atoms with Gasteiger partial charge in [-0.15, -0.1) is 12.4 Å². The lowest BCUT2D eigenvalue weighted by atomic mass is 10.1. The molecule has 7 heteroatoms.